The predicted molar refractivity (Wildman–Crippen MR) is 119 cm³/mol. The van der Waals surface area contributed by atoms with Crippen LogP contribution < -0.4 is 0 Å². The number of Topliss-reactive ketones (excluding diaryl/α,β-unsaturated/α-hetero) is 1. The van der Waals surface area contributed by atoms with Gasteiger partial charge in [0.2, 0.25) is 0 Å². The van der Waals surface area contributed by atoms with Gasteiger partial charge in [-0.2, -0.15) is 0 Å². The van der Waals surface area contributed by atoms with Crippen molar-refractivity contribution in [3.05, 3.63) is 63.8 Å². The monoisotopic (exact) mass is 461 g/mol. The van der Waals surface area contributed by atoms with Crippen molar-refractivity contribution in [3.63, 3.8) is 0 Å². The Hall–Kier alpha value is -2.48. The number of benzene rings is 2. The van der Waals surface area contributed by atoms with Gasteiger partial charge in [0.1, 0.15) is 0 Å². The number of aromatic nitrogens is 1. The van der Waals surface area contributed by atoms with Crippen LogP contribution in [-0.2, 0) is 4.79 Å². The smallest absolute Gasteiger partial charge is 0.295 e. The number of rotatable bonds is 3. The standard InChI is InChI=1S/C21H17Cl2N3O3S/c22-13-3-1-5-15-17(13)12(11-24-15)19(27)21(29)26-9-7-25(8-10-26)20(28)18-14(23)4-2-6-16(18)30/h1-6,11,24,30H,7-10H2. The Morgan fingerprint density at radius 2 is 1.53 bits per heavy atom. The van der Waals surface area contributed by atoms with Crippen LogP contribution in [0.5, 0.6) is 0 Å². The highest BCUT2D eigenvalue weighted by atomic mass is 35.5. The lowest BCUT2D eigenvalue weighted by Gasteiger charge is -2.34. The number of aromatic amines is 1. The summed E-state index contributed by atoms with van der Waals surface area (Å²) in [5.41, 5.74) is 1.28. The number of H-pyrrole nitrogens is 1. The number of hydrogen-bond donors (Lipinski definition) is 2. The number of nitrogens with zero attached hydrogens (tertiary/aromatic N) is 2. The van der Waals surface area contributed by atoms with E-state index in [0.717, 1.165) is 0 Å². The molecule has 9 heteroatoms. The highest BCUT2D eigenvalue weighted by Gasteiger charge is 2.31. The number of hydrogen-bond acceptors (Lipinski definition) is 4. The Morgan fingerprint density at radius 1 is 0.900 bits per heavy atom. The summed E-state index contributed by atoms with van der Waals surface area (Å²) < 4.78 is 0. The van der Waals surface area contributed by atoms with E-state index in [1.54, 1.807) is 41.3 Å². The number of fused-ring (bicyclic) bond motifs is 1. The third kappa shape index (κ3) is 3.69. The van der Waals surface area contributed by atoms with E-state index in [-0.39, 0.29) is 24.6 Å². The Balaban J connectivity index is 1.47. The Labute approximate surface area is 188 Å². The molecule has 1 fully saturated rings. The molecule has 2 aromatic carbocycles. The summed E-state index contributed by atoms with van der Waals surface area (Å²) in [5.74, 6) is -1.49. The fraction of sp³-hybridized carbons (Fsp3) is 0.190. The molecule has 30 heavy (non-hydrogen) atoms. The van der Waals surface area contributed by atoms with Gasteiger partial charge in [-0.3, -0.25) is 14.4 Å². The Kier molecular flexibility index (Phi) is 5.77. The third-order valence-electron chi connectivity index (χ3n) is 5.15. The number of carbonyl (C=O) groups is 3. The summed E-state index contributed by atoms with van der Waals surface area (Å²) in [4.78, 5) is 45.0. The molecule has 6 nitrogen and oxygen atoms in total. The molecule has 2 amide bonds. The average Bonchev–Trinajstić information content (AvgIpc) is 3.18. The quantitative estimate of drug-likeness (QED) is 0.352. The van der Waals surface area contributed by atoms with Crippen LogP contribution in [-0.4, -0.2) is 58.6 Å². The Morgan fingerprint density at radius 3 is 2.23 bits per heavy atom. The number of ketones is 1. The largest absolute Gasteiger partial charge is 0.360 e. The second kappa shape index (κ2) is 8.34. The van der Waals surface area contributed by atoms with Gasteiger partial charge in [-0.1, -0.05) is 35.3 Å². The van der Waals surface area contributed by atoms with Gasteiger partial charge >= 0.3 is 0 Å². The van der Waals surface area contributed by atoms with Crippen molar-refractivity contribution < 1.29 is 14.4 Å². The van der Waals surface area contributed by atoms with E-state index in [0.29, 0.717) is 44.5 Å². The van der Waals surface area contributed by atoms with E-state index >= 15 is 0 Å². The third-order valence-corrected chi connectivity index (χ3v) is 6.16. The van der Waals surface area contributed by atoms with E-state index in [4.69, 9.17) is 23.2 Å². The molecule has 1 aromatic heterocycles. The predicted octanol–water partition coefficient (Wildman–Crippen LogP) is 3.93. The maximum absolute atomic E-state index is 12.8. The van der Waals surface area contributed by atoms with Crippen LogP contribution in [0.2, 0.25) is 10.0 Å². The molecule has 154 valence electrons. The zero-order chi connectivity index (χ0) is 21.4. The second-order valence-corrected chi connectivity index (χ2v) is 8.21. The molecule has 0 bridgehead atoms. The first kappa shape index (κ1) is 20.8. The van der Waals surface area contributed by atoms with Crippen LogP contribution in [0.4, 0.5) is 0 Å². The minimum Gasteiger partial charge on any atom is -0.360 e. The van der Waals surface area contributed by atoms with Gasteiger partial charge in [0.15, 0.2) is 0 Å². The SMILES string of the molecule is O=C(C(=O)N1CCN(C(=O)c2c(S)cccc2Cl)CC1)c1c[nH]c2cccc(Cl)c12. The normalized spacial score (nSPS) is 14.2. The summed E-state index contributed by atoms with van der Waals surface area (Å²) >= 11 is 16.7. The number of halogens is 2. The van der Waals surface area contributed by atoms with Crippen LogP contribution >= 0.6 is 35.8 Å². The summed E-state index contributed by atoms with van der Waals surface area (Å²) in [6.07, 6.45) is 1.50. The van der Waals surface area contributed by atoms with Crippen molar-refractivity contribution in [2.24, 2.45) is 0 Å². The first-order valence-electron chi connectivity index (χ1n) is 9.24. The van der Waals surface area contributed by atoms with Crippen LogP contribution in [0.3, 0.4) is 0 Å². The average molecular weight is 462 g/mol. The van der Waals surface area contributed by atoms with Gasteiger partial charge in [0, 0.05) is 48.2 Å². The molecule has 1 aliphatic heterocycles. The van der Waals surface area contributed by atoms with E-state index < -0.39 is 11.7 Å². The maximum atomic E-state index is 12.8. The molecule has 0 atom stereocenters. The Bertz CT molecular complexity index is 1150. The lowest BCUT2D eigenvalue weighted by atomic mass is 10.1. The van der Waals surface area contributed by atoms with Crippen molar-refractivity contribution in [1.82, 2.24) is 14.8 Å². The van der Waals surface area contributed by atoms with Gasteiger partial charge < -0.3 is 14.8 Å². The number of thiol groups is 1. The van der Waals surface area contributed by atoms with E-state index in [2.05, 4.69) is 17.6 Å². The molecule has 2 heterocycles. The zero-order valence-electron chi connectivity index (χ0n) is 15.7. The van der Waals surface area contributed by atoms with E-state index in [1.807, 2.05) is 0 Å². The molecule has 0 spiro atoms. The van der Waals surface area contributed by atoms with Gasteiger partial charge in [0.25, 0.3) is 17.6 Å². The second-order valence-electron chi connectivity index (χ2n) is 6.91. The van der Waals surface area contributed by atoms with Crippen LogP contribution in [0.25, 0.3) is 10.9 Å². The van der Waals surface area contributed by atoms with Crippen molar-refractivity contribution in [2.75, 3.05) is 26.2 Å². The van der Waals surface area contributed by atoms with Crippen molar-refractivity contribution >= 4 is 64.3 Å². The molecular weight excluding hydrogens is 445 g/mol. The van der Waals surface area contributed by atoms with Crippen LogP contribution in [0, 0.1) is 0 Å². The topological polar surface area (TPSA) is 73.5 Å². The van der Waals surface area contributed by atoms with Gasteiger partial charge in [-0.25, -0.2) is 0 Å². The van der Waals surface area contributed by atoms with Crippen LogP contribution in [0.1, 0.15) is 20.7 Å². The molecule has 4 rings (SSSR count). The lowest BCUT2D eigenvalue weighted by Crippen LogP contribution is -2.52. The number of nitrogens with one attached hydrogen (secondary N) is 1. The van der Waals surface area contributed by atoms with Crippen molar-refractivity contribution in [2.45, 2.75) is 4.90 Å². The molecule has 0 unspecified atom stereocenters. The summed E-state index contributed by atoms with van der Waals surface area (Å²) in [5, 5.41) is 1.27. The number of amides is 2. The van der Waals surface area contributed by atoms with E-state index in [1.165, 1.54) is 11.1 Å². The summed E-state index contributed by atoms with van der Waals surface area (Å²) in [7, 11) is 0. The molecule has 3 aromatic rings. The van der Waals surface area contributed by atoms with Gasteiger partial charge in [0.05, 0.1) is 21.2 Å². The molecule has 0 radical (unpaired) electrons. The molecule has 1 N–H and O–H groups in total. The molecular formula is C21H17Cl2N3O3S. The fourth-order valence-corrected chi connectivity index (χ4v) is 4.47. The fourth-order valence-electron chi connectivity index (χ4n) is 3.57. The van der Waals surface area contributed by atoms with Gasteiger partial charge in [-0.15, -0.1) is 12.6 Å². The molecule has 0 saturated carbocycles. The van der Waals surface area contributed by atoms with E-state index in [9.17, 15) is 14.4 Å². The summed E-state index contributed by atoms with van der Waals surface area (Å²) in [6.45, 7) is 1.09. The van der Waals surface area contributed by atoms with Crippen molar-refractivity contribution in [1.29, 1.82) is 0 Å². The molecule has 1 saturated heterocycles. The first-order chi connectivity index (χ1) is 14.4. The highest BCUT2D eigenvalue weighted by Crippen LogP contribution is 2.28. The van der Waals surface area contributed by atoms with Gasteiger partial charge in [-0.05, 0) is 24.3 Å². The lowest BCUT2D eigenvalue weighted by molar-refractivity contribution is -0.127. The first-order valence-corrected chi connectivity index (χ1v) is 10.4. The van der Waals surface area contributed by atoms with Crippen LogP contribution in [0.15, 0.2) is 47.5 Å². The molecule has 1 aliphatic rings. The minimum absolute atomic E-state index is 0.243. The summed E-state index contributed by atoms with van der Waals surface area (Å²) in [6, 6.07) is 10.3. The number of piperazine rings is 1. The molecule has 0 aliphatic carbocycles. The minimum atomic E-state index is -0.627. The maximum Gasteiger partial charge on any atom is 0.295 e. The zero-order valence-corrected chi connectivity index (χ0v) is 18.1. The number of carbonyl (C=O) groups excluding carboxylic acids is 3. The van der Waals surface area contributed by atoms with Crippen molar-refractivity contribution in [3.8, 4) is 0 Å². The highest BCUT2D eigenvalue weighted by molar-refractivity contribution is 7.80.